The first kappa shape index (κ1) is 11.9. The Kier molecular flexibility index (Phi) is 2.83. The molecule has 0 fully saturated rings. The summed E-state index contributed by atoms with van der Waals surface area (Å²) < 4.78 is 0. The predicted octanol–water partition coefficient (Wildman–Crippen LogP) is 3.49. The average molecular weight is 271 g/mol. The van der Waals surface area contributed by atoms with Crippen LogP contribution in [0.4, 0.5) is 5.95 Å². The van der Waals surface area contributed by atoms with E-state index in [0.29, 0.717) is 11.5 Å². The van der Waals surface area contributed by atoms with Crippen molar-refractivity contribution in [2.75, 3.05) is 5.32 Å². The van der Waals surface area contributed by atoms with Gasteiger partial charge in [-0.3, -0.25) is 10.1 Å². The Labute approximate surface area is 114 Å². The van der Waals surface area contributed by atoms with Gasteiger partial charge in [0.05, 0.1) is 16.6 Å². The first-order valence-electron chi connectivity index (χ1n) is 5.96. The largest absolute Gasteiger partial charge is 0.324 e. The number of hydrogen-bond acceptors (Lipinski definition) is 3. The summed E-state index contributed by atoms with van der Waals surface area (Å²) in [5, 5.41) is 2.80. The molecule has 1 aromatic carbocycles. The number of aromatic nitrogens is 2. The number of fused-ring (bicyclic) bond motifs is 1. The number of aryl methyl sites for hydroxylation is 2. The van der Waals surface area contributed by atoms with E-state index in [1.54, 1.807) is 11.3 Å². The van der Waals surface area contributed by atoms with Gasteiger partial charge in [-0.15, -0.1) is 11.3 Å². The van der Waals surface area contributed by atoms with E-state index in [1.807, 2.05) is 44.2 Å². The number of aromatic amines is 1. The Morgan fingerprint density at radius 2 is 2.11 bits per heavy atom. The number of nitrogens with one attached hydrogen (secondary N) is 2. The Bertz CT molecular complexity index is 724. The summed E-state index contributed by atoms with van der Waals surface area (Å²) in [5.41, 5.74) is 2.47. The highest BCUT2D eigenvalue weighted by molar-refractivity contribution is 7.12. The highest BCUT2D eigenvalue weighted by atomic mass is 32.1. The van der Waals surface area contributed by atoms with Crippen molar-refractivity contribution in [2.45, 2.75) is 13.8 Å². The van der Waals surface area contributed by atoms with E-state index in [1.165, 1.54) is 0 Å². The monoisotopic (exact) mass is 271 g/mol. The predicted molar refractivity (Wildman–Crippen MR) is 77.8 cm³/mol. The van der Waals surface area contributed by atoms with Gasteiger partial charge in [-0.2, -0.15) is 0 Å². The molecule has 0 aliphatic carbocycles. The maximum atomic E-state index is 12.2. The highest BCUT2D eigenvalue weighted by Crippen LogP contribution is 2.21. The number of benzene rings is 1. The Morgan fingerprint density at radius 1 is 1.32 bits per heavy atom. The van der Waals surface area contributed by atoms with Crippen LogP contribution >= 0.6 is 11.3 Å². The number of carbonyl (C=O) groups excluding carboxylic acids is 1. The minimum atomic E-state index is -0.124. The summed E-state index contributed by atoms with van der Waals surface area (Å²) >= 11 is 1.62. The zero-order chi connectivity index (χ0) is 13.4. The van der Waals surface area contributed by atoms with Crippen molar-refractivity contribution >= 4 is 34.2 Å². The third kappa shape index (κ3) is 2.24. The number of thiophene rings is 1. The van der Waals surface area contributed by atoms with Crippen LogP contribution in [0.25, 0.3) is 11.0 Å². The van der Waals surface area contributed by atoms with Gasteiger partial charge in [-0.25, -0.2) is 4.98 Å². The molecule has 19 heavy (non-hydrogen) atoms. The SMILES string of the molecule is Cc1cc(C(=O)Nc2nc3ccccc3[nH]2)c(C)s1. The molecule has 0 aliphatic heterocycles. The van der Waals surface area contributed by atoms with Crippen molar-refractivity contribution in [3.8, 4) is 0 Å². The topological polar surface area (TPSA) is 57.8 Å². The quantitative estimate of drug-likeness (QED) is 0.749. The van der Waals surface area contributed by atoms with Crippen molar-refractivity contribution in [2.24, 2.45) is 0 Å². The van der Waals surface area contributed by atoms with Crippen molar-refractivity contribution in [3.63, 3.8) is 0 Å². The lowest BCUT2D eigenvalue weighted by Crippen LogP contribution is -2.13. The van der Waals surface area contributed by atoms with Gasteiger partial charge in [-0.1, -0.05) is 12.1 Å². The number of amides is 1. The van der Waals surface area contributed by atoms with Gasteiger partial charge in [-0.05, 0) is 32.0 Å². The van der Waals surface area contributed by atoms with Crippen molar-refractivity contribution in [1.82, 2.24) is 9.97 Å². The third-order valence-electron chi connectivity index (χ3n) is 2.91. The fourth-order valence-corrected chi connectivity index (χ4v) is 2.96. The standard InChI is InChI=1S/C14H13N3OS/c1-8-7-10(9(2)19-8)13(18)17-14-15-11-5-3-4-6-12(11)16-14/h3-7H,1-2H3,(H2,15,16,17,18). The fraction of sp³-hybridized carbons (Fsp3) is 0.143. The molecule has 0 saturated heterocycles. The van der Waals surface area contributed by atoms with Crippen LogP contribution in [0, 0.1) is 13.8 Å². The minimum absolute atomic E-state index is 0.124. The van der Waals surface area contributed by atoms with Crippen LogP contribution in [0.2, 0.25) is 0 Å². The van der Waals surface area contributed by atoms with Crippen LogP contribution < -0.4 is 5.32 Å². The maximum Gasteiger partial charge on any atom is 0.259 e. The second-order valence-electron chi connectivity index (χ2n) is 4.38. The molecule has 4 nitrogen and oxygen atoms in total. The van der Waals surface area contributed by atoms with Crippen LogP contribution in [-0.4, -0.2) is 15.9 Å². The Morgan fingerprint density at radius 3 is 2.79 bits per heavy atom. The van der Waals surface area contributed by atoms with Crippen molar-refractivity contribution in [1.29, 1.82) is 0 Å². The summed E-state index contributed by atoms with van der Waals surface area (Å²) in [6, 6.07) is 9.58. The first-order chi connectivity index (χ1) is 9.13. The molecule has 5 heteroatoms. The number of anilines is 1. The number of hydrogen-bond donors (Lipinski definition) is 2. The molecule has 0 spiro atoms. The van der Waals surface area contributed by atoms with Crippen LogP contribution in [0.3, 0.4) is 0 Å². The molecule has 3 aromatic rings. The molecular formula is C14H13N3OS. The number of rotatable bonds is 2. The smallest absolute Gasteiger partial charge is 0.259 e. The van der Waals surface area contributed by atoms with Gasteiger partial charge in [0, 0.05) is 9.75 Å². The zero-order valence-electron chi connectivity index (χ0n) is 10.7. The van der Waals surface area contributed by atoms with E-state index in [-0.39, 0.29) is 5.91 Å². The molecule has 2 heterocycles. The van der Waals surface area contributed by atoms with Gasteiger partial charge < -0.3 is 4.98 Å². The van der Waals surface area contributed by atoms with E-state index in [2.05, 4.69) is 15.3 Å². The van der Waals surface area contributed by atoms with Crippen LogP contribution in [-0.2, 0) is 0 Å². The molecule has 0 aliphatic rings. The van der Waals surface area contributed by atoms with Crippen LogP contribution in [0.5, 0.6) is 0 Å². The molecular weight excluding hydrogens is 258 g/mol. The molecule has 3 rings (SSSR count). The summed E-state index contributed by atoms with van der Waals surface area (Å²) in [7, 11) is 0. The van der Waals surface area contributed by atoms with E-state index < -0.39 is 0 Å². The molecule has 2 aromatic heterocycles. The third-order valence-corrected chi connectivity index (χ3v) is 3.87. The molecule has 96 valence electrons. The lowest BCUT2D eigenvalue weighted by atomic mass is 10.2. The summed E-state index contributed by atoms with van der Waals surface area (Å²) in [5.74, 6) is 0.357. The van der Waals surface area contributed by atoms with Crippen molar-refractivity contribution in [3.05, 3.63) is 45.6 Å². The number of para-hydroxylation sites is 2. The number of H-pyrrole nitrogens is 1. The number of nitrogens with zero attached hydrogens (tertiary/aromatic N) is 1. The number of imidazole rings is 1. The molecule has 0 atom stereocenters. The normalized spacial score (nSPS) is 10.8. The first-order valence-corrected chi connectivity index (χ1v) is 6.78. The van der Waals surface area contributed by atoms with Gasteiger partial charge >= 0.3 is 0 Å². The van der Waals surface area contributed by atoms with Gasteiger partial charge in [0.15, 0.2) is 0 Å². The van der Waals surface area contributed by atoms with Crippen LogP contribution in [0.15, 0.2) is 30.3 Å². The minimum Gasteiger partial charge on any atom is -0.324 e. The Balaban J connectivity index is 1.88. The molecule has 2 N–H and O–H groups in total. The summed E-state index contributed by atoms with van der Waals surface area (Å²) in [6.07, 6.45) is 0. The van der Waals surface area contributed by atoms with Gasteiger partial charge in [0.25, 0.3) is 5.91 Å². The van der Waals surface area contributed by atoms with E-state index >= 15 is 0 Å². The van der Waals surface area contributed by atoms with E-state index in [0.717, 1.165) is 20.8 Å². The lowest BCUT2D eigenvalue weighted by molar-refractivity contribution is 0.102. The van der Waals surface area contributed by atoms with E-state index in [4.69, 9.17) is 0 Å². The molecule has 0 radical (unpaired) electrons. The molecule has 1 amide bonds. The van der Waals surface area contributed by atoms with Gasteiger partial charge in [0.2, 0.25) is 5.95 Å². The summed E-state index contributed by atoms with van der Waals surface area (Å²) in [6.45, 7) is 3.95. The van der Waals surface area contributed by atoms with Crippen LogP contribution in [0.1, 0.15) is 20.1 Å². The lowest BCUT2D eigenvalue weighted by Gasteiger charge is -2.00. The van der Waals surface area contributed by atoms with Gasteiger partial charge in [0.1, 0.15) is 0 Å². The molecule has 0 saturated carbocycles. The second-order valence-corrected chi connectivity index (χ2v) is 5.84. The van der Waals surface area contributed by atoms with E-state index in [9.17, 15) is 4.79 Å². The van der Waals surface area contributed by atoms with Crippen molar-refractivity contribution < 1.29 is 4.79 Å². The number of carbonyl (C=O) groups is 1. The zero-order valence-corrected chi connectivity index (χ0v) is 11.5. The highest BCUT2D eigenvalue weighted by Gasteiger charge is 2.13. The Hall–Kier alpha value is -2.14. The molecule has 0 bridgehead atoms. The second kappa shape index (κ2) is 4.51. The maximum absolute atomic E-state index is 12.2. The fourth-order valence-electron chi connectivity index (χ4n) is 2.04. The average Bonchev–Trinajstić information content (AvgIpc) is 2.91. The molecule has 0 unspecified atom stereocenters. The summed E-state index contributed by atoms with van der Waals surface area (Å²) in [4.78, 5) is 21.7.